The minimum Gasteiger partial charge on any atom is -0.462 e. The van der Waals surface area contributed by atoms with Gasteiger partial charge in [0.05, 0.1) is 6.61 Å². The Balaban J connectivity index is 3.68. The van der Waals surface area contributed by atoms with Crippen LogP contribution in [0.5, 0.6) is 0 Å². The molecule has 5 heteroatoms. The number of aliphatic hydroxyl groups is 1. The highest BCUT2D eigenvalue weighted by Gasteiger charge is 2.16. The van der Waals surface area contributed by atoms with Gasteiger partial charge in [-0.25, -0.2) is 0 Å². The van der Waals surface area contributed by atoms with Gasteiger partial charge < -0.3 is 14.6 Å². The lowest BCUT2D eigenvalue weighted by Gasteiger charge is -2.15. The van der Waals surface area contributed by atoms with Crippen LogP contribution in [0.15, 0.2) is 72.9 Å². The molecule has 0 amide bonds. The van der Waals surface area contributed by atoms with Crippen LogP contribution >= 0.6 is 0 Å². The first kappa shape index (κ1) is 45.3. The summed E-state index contributed by atoms with van der Waals surface area (Å²) in [5.74, 6) is -0.669. The van der Waals surface area contributed by atoms with Gasteiger partial charge in [0.15, 0.2) is 6.10 Å². The lowest BCUT2D eigenvalue weighted by molar-refractivity contribution is -0.161. The Bertz CT molecular complexity index is 895. The van der Waals surface area contributed by atoms with Crippen molar-refractivity contribution in [2.75, 3.05) is 13.2 Å². The number of carbonyl (C=O) groups excluding carboxylic acids is 2. The summed E-state index contributed by atoms with van der Waals surface area (Å²) in [4.78, 5) is 24.2. The number of hydrogen-bond donors (Lipinski definition) is 1. The quantitative estimate of drug-likeness (QED) is 0.0420. The van der Waals surface area contributed by atoms with Crippen molar-refractivity contribution < 1.29 is 24.2 Å². The van der Waals surface area contributed by atoms with Gasteiger partial charge >= 0.3 is 11.9 Å². The zero-order valence-electron chi connectivity index (χ0n) is 31.0. The maximum atomic E-state index is 12.2. The van der Waals surface area contributed by atoms with Crippen LogP contribution in [0.4, 0.5) is 0 Å². The van der Waals surface area contributed by atoms with Gasteiger partial charge in [0.1, 0.15) is 6.61 Å². The molecule has 0 aliphatic rings. The summed E-state index contributed by atoms with van der Waals surface area (Å²) in [6, 6.07) is 0. The second kappa shape index (κ2) is 38.8. The van der Waals surface area contributed by atoms with Crippen LogP contribution in [0.3, 0.4) is 0 Å². The lowest BCUT2D eigenvalue weighted by atomic mass is 10.1. The molecule has 0 bridgehead atoms. The summed E-state index contributed by atoms with van der Waals surface area (Å²) in [6.45, 7) is 3.95. The average molecular weight is 669 g/mol. The highest BCUT2D eigenvalue weighted by Crippen LogP contribution is 2.12. The Morgan fingerprint density at radius 3 is 1.44 bits per heavy atom. The van der Waals surface area contributed by atoms with E-state index in [0.717, 1.165) is 57.8 Å². The molecule has 0 spiro atoms. The van der Waals surface area contributed by atoms with Crippen molar-refractivity contribution in [1.29, 1.82) is 0 Å². The van der Waals surface area contributed by atoms with E-state index in [9.17, 15) is 14.7 Å². The molecule has 48 heavy (non-hydrogen) atoms. The van der Waals surface area contributed by atoms with E-state index in [0.29, 0.717) is 19.3 Å². The number of esters is 2. The molecule has 1 atom stereocenters. The fourth-order valence-corrected chi connectivity index (χ4v) is 5.05. The molecule has 0 rings (SSSR count). The zero-order chi connectivity index (χ0) is 35.0. The highest BCUT2D eigenvalue weighted by atomic mass is 16.6. The standard InChI is InChI=1S/C43H72O5/c1-3-5-7-9-11-13-15-17-19-21-23-25-27-29-31-33-35-37-42(45)47-40-41(39-44)48-43(46)38-36-34-32-30-28-26-24-22-20-18-16-14-12-10-8-6-4-2/h5,7,11,13,17-20,23,25,29,31,41,44H,3-4,6,8-10,12,14-16,21-22,24,26-28,30,32-40H2,1-2H3/t41-/m0/s1. The largest absolute Gasteiger partial charge is 0.462 e. The van der Waals surface area contributed by atoms with Crippen LogP contribution in [0, 0.1) is 0 Å². The molecule has 0 aromatic rings. The molecule has 0 radical (unpaired) electrons. The zero-order valence-corrected chi connectivity index (χ0v) is 31.0. The topological polar surface area (TPSA) is 72.8 Å². The summed E-state index contributed by atoms with van der Waals surface area (Å²) >= 11 is 0. The SMILES string of the molecule is CCC=CCC=CCC=CCC=CCC=CCCCC(=O)OC[C@H](CO)OC(=O)CCCCCCCCCC=CCCCCCCCC. The van der Waals surface area contributed by atoms with Gasteiger partial charge in [-0.2, -0.15) is 0 Å². The molecule has 0 heterocycles. The first-order valence-corrected chi connectivity index (χ1v) is 19.5. The van der Waals surface area contributed by atoms with Gasteiger partial charge in [-0.3, -0.25) is 9.59 Å². The monoisotopic (exact) mass is 669 g/mol. The van der Waals surface area contributed by atoms with E-state index in [1.54, 1.807) is 0 Å². The van der Waals surface area contributed by atoms with E-state index in [1.165, 1.54) is 77.0 Å². The van der Waals surface area contributed by atoms with Gasteiger partial charge in [-0.1, -0.05) is 151 Å². The minimum atomic E-state index is -0.799. The summed E-state index contributed by atoms with van der Waals surface area (Å²) in [7, 11) is 0. The predicted octanol–water partition coefficient (Wildman–Crippen LogP) is 12.2. The number of ether oxygens (including phenoxy) is 2. The van der Waals surface area contributed by atoms with E-state index in [2.05, 4.69) is 86.8 Å². The fourth-order valence-electron chi connectivity index (χ4n) is 5.05. The smallest absolute Gasteiger partial charge is 0.306 e. The molecule has 0 saturated heterocycles. The number of carbonyl (C=O) groups is 2. The number of rotatable bonds is 34. The van der Waals surface area contributed by atoms with Gasteiger partial charge in [-0.05, 0) is 77.0 Å². The maximum Gasteiger partial charge on any atom is 0.306 e. The van der Waals surface area contributed by atoms with E-state index in [4.69, 9.17) is 9.47 Å². The molecule has 274 valence electrons. The number of unbranched alkanes of at least 4 members (excludes halogenated alkanes) is 14. The van der Waals surface area contributed by atoms with Crippen LogP contribution < -0.4 is 0 Å². The van der Waals surface area contributed by atoms with Crippen LogP contribution in [0.25, 0.3) is 0 Å². The van der Waals surface area contributed by atoms with Gasteiger partial charge in [0.25, 0.3) is 0 Å². The van der Waals surface area contributed by atoms with Crippen molar-refractivity contribution in [1.82, 2.24) is 0 Å². The fraction of sp³-hybridized carbons (Fsp3) is 0.674. The van der Waals surface area contributed by atoms with Crippen molar-refractivity contribution in [2.45, 2.75) is 174 Å². The molecule has 0 aliphatic heterocycles. The second-order valence-electron chi connectivity index (χ2n) is 12.6. The number of aliphatic hydroxyl groups excluding tert-OH is 1. The third-order valence-corrected chi connectivity index (χ3v) is 7.98. The Morgan fingerprint density at radius 1 is 0.500 bits per heavy atom. The molecule has 0 aromatic heterocycles. The van der Waals surface area contributed by atoms with Crippen molar-refractivity contribution in [3.63, 3.8) is 0 Å². The van der Waals surface area contributed by atoms with Crippen molar-refractivity contribution in [3.05, 3.63) is 72.9 Å². The van der Waals surface area contributed by atoms with Crippen molar-refractivity contribution >= 4 is 11.9 Å². The van der Waals surface area contributed by atoms with Crippen LogP contribution in [0.1, 0.15) is 168 Å². The average Bonchev–Trinajstić information content (AvgIpc) is 3.09. The van der Waals surface area contributed by atoms with Crippen LogP contribution in [-0.2, 0) is 19.1 Å². The van der Waals surface area contributed by atoms with Gasteiger partial charge in [0.2, 0.25) is 0 Å². The van der Waals surface area contributed by atoms with Crippen molar-refractivity contribution in [3.8, 4) is 0 Å². The molecule has 0 saturated carbocycles. The maximum absolute atomic E-state index is 12.2. The first-order valence-electron chi connectivity index (χ1n) is 19.5. The van der Waals surface area contributed by atoms with E-state index in [-0.39, 0.29) is 25.2 Å². The molecule has 0 unspecified atom stereocenters. The van der Waals surface area contributed by atoms with Gasteiger partial charge in [-0.15, -0.1) is 0 Å². The number of allylic oxidation sites excluding steroid dienone is 12. The minimum absolute atomic E-state index is 0.100. The molecule has 0 aromatic carbocycles. The predicted molar refractivity (Wildman–Crippen MR) is 205 cm³/mol. The highest BCUT2D eigenvalue weighted by molar-refractivity contribution is 5.70. The molecule has 0 aliphatic carbocycles. The normalized spacial score (nSPS) is 13.0. The van der Waals surface area contributed by atoms with E-state index < -0.39 is 6.10 Å². The molecular formula is C43H72O5. The Morgan fingerprint density at radius 2 is 0.917 bits per heavy atom. The van der Waals surface area contributed by atoms with E-state index in [1.807, 2.05) is 0 Å². The van der Waals surface area contributed by atoms with Crippen LogP contribution in [0.2, 0.25) is 0 Å². The molecular weight excluding hydrogens is 596 g/mol. The number of hydrogen-bond acceptors (Lipinski definition) is 5. The Hall–Kier alpha value is -2.66. The lowest BCUT2D eigenvalue weighted by Crippen LogP contribution is -2.28. The summed E-state index contributed by atoms with van der Waals surface area (Å²) in [5, 5.41) is 9.54. The van der Waals surface area contributed by atoms with E-state index >= 15 is 0 Å². The van der Waals surface area contributed by atoms with Crippen LogP contribution in [-0.4, -0.2) is 36.4 Å². The first-order chi connectivity index (χ1) is 23.6. The summed E-state index contributed by atoms with van der Waals surface area (Å²) < 4.78 is 10.6. The molecule has 5 nitrogen and oxygen atoms in total. The summed E-state index contributed by atoms with van der Waals surface area (Å²) in [5.41, 5.74) is 0. The Kier molecular flexibility index (Phi) is 36.6. The molecule has 1 N–H and O–H groups in total. The summed E-state index contributed by atoms with van der Waals surface area (Å²) in [6.07, 6.45) is 51.1. The Labute approximate surface area is 295 Å². The second-order valence-corrected chi connectivity index (χ2v) is 12.6. The van der Waals surface area contributed by atoms with Crippen molar-refractivity contribution in [2.24, 2.45) is 0 Å². The third kappa shape index (κ3) is 36.2. The van der Waals surface area contributed by atoms with Gasteiger partial charge in [0, 0.05) is 12.8 Å². The molecule has 0 fully saturated rings. The third-order valence-electron chi connectivity index (χ3n) is 7.98.